The molecular weight excluding hydrogens is 278 g/mol. The zero-order valence-electron chi connectivity index (χ0n) is 12.0. The van der Waals surface area contributed by atoms with Crippen molar-refractivity contribution < 1.29 is 14.7 Å². The molecule has 20 heavy (non-hydrogen) atoms. The fourth-order valence-electron chi connectivity index (χ4n) is 1.66. The number of hydrogen-bond donors (Lipinski definition) is 2. The first-order valence-corrected chi connectivity index (χ1v) is 7.45. The van der Waals surface area contributed by atoms with Crippen LogP contribution in [0.15, 0.2) is 6.20 Å². The number of hydrogen-bond acceptors (Lipinski definition) is 4. The lowest BCUT2D eigenvalue weighted by atomic mass is 10.3. The minimum absolute atomic E-state index is 0.0446. The van der Waals surface area contributed by atoms with E-state index in [0.29, 0.717) is 6.54 Å². The zero-order chi connectivity index (χ0) is 15.1. The van der Waals surface area contributed by atoms with Crippen molar-refractivity contribution in [1.82, 2.24) is 15.2 Å². The lowest BCUT2D eigenvalue weighted by Crippen LogP contribution is -2.44. The largest absolute Gasteiger partial charge is 0.481 e. The number of nitrogens with one attached hydrogen (secondary N) is 1. The number of carbonyl (C=O) groups excluding carboxylic acids is 1. The number of carbonyl (C=O) groups is 2. The number of carboxylic acids is 1. The number of urea groups is 1. The Morgan fingerprint density at radius 2 is 2.20 bits per heavy atom. The van der Waals surface area contributed by atoms with E-state index >= 15 is 0 Å². The Bertz CT molecular complexity index is 459. The van der Waals surface area contributed by atoms with Crippen molar-refractivity contribution >= 4 is 23.3 Å². The number of aryl methyl sites for hydroxylation is 1. The summed E-state index contributed by atoms with van der Waals surface area (Å²) in [7, 11) is 0. The molecule has 112 valence electrons. The second-order valence-electron chi connectivity index (χ2n) is 4.66. The van der Waals surface area contributed by atoms with E-state index in [2.05, 4.69) is 17.2 Å². The summed E-state index contributed by atoms with van der Waals surface area (Å²) in [5.74, 6) is -0.907. The van der Waals surface area contributed by atoms with E-state index in [0.717, 1.165) is 11.4 Å². The quantitative estimate of drug-likeness (QED) is 0.807. The highest BCUT2D eigenvalue weighted by Gasteiger charge is 2.17. The van der Waals surface area contributed by atoms with Crippen molar-refractivity contribution in [2.45, 2.75) is 46.2 Å². The molecule has 1 heterocycles. The number of rotatable bonds is 7. The summed E-state index contributed by atoms with van der Waals surface area (Å²) >= 11 is 1.57. The van der Waals surface area contributed by atoms with E-state index in [1.165, 1.54) is 9.78 Å². The third-order valence-electron chi connectivity index (χ3n) is 2.79. The van der Waals surface area contributed by atoms with Crippen LogP contribution in [-0.4, -0.2) is 39.6 Å². The summed E-state index contributed by atoms with van der Waals surface area (Å²) in [6.45, 7) is 6.36. The highest BCUT2D eigenvalue weighted by Crippen LogP contribution is 2.13. The van der Waals surface area contributed by atoms with Gasteiger partial charge in [0.25, 0.3) is 0 Å². The van der Waals surface area contributed by atoms with Gasteiger partial charge in [-0.2, -0.15) is 0 Å². The molecule has 1 rings (SSSR count). The number of thiazole rings is 1. The average molecular weight is 299 g/mol. The molecule has 7 heteroatoms. The van der Waals surface area contributed by atoms with Crippen LogP contribution in [0.1, 0.15) is 37.1 Å². The van der Waals surface area contributed by atoms with Crippen LogP contribution in [0, 0.1) is 0 Å². The van der Waals surface area contributed by atoms with Gasteiger partial charge in [-0.1, -0.05) is 6.92 Å². The molecule has 0 aromatic carbocycles. The topological polar surface area (TPSA) is 82.5 Å². The van der Waals surface area contributed by atoms with E-state index < -0.39 is 5.97 Å². The van der Waals surface area contributed by atoms with Gasteiger partial charge < -0.3 is 15.3 Å². The first-order valence-electron chi connectivity index (χ1n) is 6.63. The number of amides is 2. The minimum atomic E-state index is -0.907. The Labute approximate surface area is 122 Å². The molecule has 0 bridgehead atoms. The van der Waals surface area contributed by atoms with Crippen LogP contribution in [-0.2, 0) is 17.8 Å². The van der Waals surface area contributed by atoms with Gasteiger partial charge >= 0.3 is 12.0 Å². The molecule has 2 amide bonds. The maximum Gasteiger partial charge on any atom is 0.317 e. The van der Waals surface area contributed by atoms with Crippen LogP contribution in [0.25, 0.3) is 0 Å². The number of carboxylic acid groups (broad SMARTS) is 1. The molecule has 0 fully saturated rings. The Hall–Kier alpha value is -1.63. The molecule has 0 saturated heterocycles. The Balaban J connectivity index is 2.50. The van der Waals surface area contributed by atoms with E-state index in [1.807, 2.05) is 20.0 Å². The standard InChI is InChI=1S/C13H21N3O3S/c1-4-10-7-14-11(20-10)8-15-13(19)16(9(2)3)6-5-12(17)18/h7,9H,4-6,8H2,1-3H3,(H,15,19)(H,17,18). The number of aromatic nitrogens is 1. The third kappa shape index (κ3) is 5.16. The molecule has 0 aliphatic heterocycles. The normalized spacial score (nSPS) is 10.6. The van der Waals surface area contributed by atoms with Gasteiger partial charge in [0, 0.05) is 23.7 Å². The molecule has 2 N–H and O–H groups in total. The van der Waals surface area contributed by atoms with E-state index in [1.54, 1.807) is 11.3 Å². The van der Waals surface area contributed by atoms with Gasteiger partial charge in [-0.05, 0) is 20.3 Å². The lowest BCUT2D eigenvalue weighted by Gasteiger charge is -2.26. The maximum atomic E-state index is 12.0. The van der Waals surface area contributed by atoms with Crippen molar-refractivity contribution in [1.29, 1.82) is 0 Å². The minimum Gasteiger partial charge on any atom is -0.481 e. The second kappa shape index (κ2) is 7.84. The van der Waals surface area contributed by atoms with Crippen molar-refractivity contribution in [3.63, 3.8) is 0 Å². The molecule has 0 saturated carbocycles. The molecule has 1 aromatic heterocycles. The predicted molar refractivity (Wildman–Crippen MR) is 77.8 cm³/mol. The fraction of sp³-hybridized carbons (Fsp3) is 0.615. The molecule has 0 spiro atoms. The van der Waals surface area contributed by atoms with Crippen LogP contribution in [0.5, 0.6) is 0 Å². The first kappa shape index (κ1) is 16.4. The van der Waals surface area contributed by atoms with Gasteiger partial charge in [-0.3, -0.25) is 4.79 Å². The van der Waals surface area contributed by atoms with E-state index in [9.17, 15) is 9.59 Å². The molecular formula is C13H21N3O3S. The van der Waals surface area contributed by atoms with Gasteiger partial charge in [-0.15, -0.1) is 11.3 Å². The summed E-state index contributed by atoms with van der Waals surface area (Å²) in [5, 5.41) is 12.3. The maximum absolute atomic E-state index is 12.0. The van der Waals surface area contributed by atoms with E-state index in [4.69, 9.17) is 5.11 Å². The Morgan fingerprint density at radius 1 is 1.50 bits per heavy atom. The smallest absolute Gasteiger partial charge is 0.317 e. The summed E-state index contributed by atoms with van der Waals surface area (Å²) in [4.78, 5) is 29.6. The average Bonchev–Trinajstić information content (AvgIpc) is 2.83. The van der Waals surface area contributed by atoms with Gasteiger partial charge in [-0.25, -0.2) is 9.78 Å². The molecule has 0 radical (unpaired) electrons. The van der Waals surface area contributed by atoms with Crippen LogP contribution in [0.3, 0.4) is 0 Å². The van der Waals surface area contributed by atoms with Gasteiger partial charge in [0.05, 0.1) is 13.0 Å². The Morgan fingerprint density at radius 3 is 2.70 bits per heavy atom. The highest BCUT2D eigenvalue weighted by molar-refractivity contribution is 7.11. The molecule has 0 unspecified atom stereocenters. The molecule has 0 aliphatic rings. The predicted octanol–water partition coefficient (Wildman–Crippen LogP) is 2.10. The second-order valence-corrected chi connectivity index (χ2v) is 5.86. The van der Waals surface area contributed by atoms with Crippen molar-refractivity contribution in [3.8, 4) is 0 Å². The van der Waals surface area contributed by atoms with Crippen molar-refractivity contribution in [2.24, 2.45) is 0 Å². The fourth-order valence-corrected chi connectivity index (χ4v) is 2.46. The van der Waals surface area contributed by atoms with Gasteiger partial charge in [0.15, 0.2) is 0 Å². The van der Waals surface area contributed by atoms with Crippen LogP contribution >= 0.6 is 11.3 Å². The molecule has 1 aromatic rings. The van der Waals surface area contributed by atoms with Gasteiger partial charge in [0.2, 0.25) is 0 Å². The lowest BCUT2D eigenvalue weighted by molar-refractivity contribution is -0.137. The summed E-state index contributed by atoms with van der Waals surface area (Å²) < 4.78 is 0. The first-order chi connectivity index (χ1) is 9.43. The number of aliphatic carboxylic acids is 1. The molecule has 0 aliphatic carbocycles. The van der Waals surface area contributed by atoms with Gasteiger partial charge in [0.1, 0.15) is 5.01 Å². The monoisotopic (exact) mass is 299 g/mol. The zero-order valence-corrected chi connectivity index (χ0v) is 12.9. The van der Waals surface area contributed by atoms with Crippen LogP contribution in [0.2, 0.25) is 0 Å². The van der Waals surface area contributed by atoms with Crippen LogP contribution in [0.4, 0.5) is 4.79 Å². The Kier molecular flexibility index (Phi) is 6.44. The van der Waals surface area contributed by atoms with E-state index in [-0.39, 0.29) is 25.0 Å². The van der Waals surface area contributed by atoms with Crippen molar-refractivity contribution in [2.75, 3.05) is 6.54 Å². The van der Waals surface area contributed by atoms with Crippen molar-refractivity contribution in [3.05, 3.63) is 16.1 Å². The summed E-state index contributed by atoms with van der Waals surface area (Å²) in [6, 6.07) is -0.300. The SMILES string of the molecule is CCc1cnc(CNC(=O)N(CCC(=O)O)C(C)C)s1. The summed E-state index contributed by atoms with van der Waals surface area (Å²) in [6.07, 6.45) is 2.70. The highest BCUT2D eigenvalue weighted by atomic mass is 32.1. The molecule has 6 nitrogen and oxygen atoms in total. The third-order valence-corrected chi connectivity index (χ3v) is 3.93. The number of nitrogens with zero attached hydrogens (tertiary/aromatic N) is 2. The van der Waals surface area contributed by atoms with Crippen LogP contribution < -0.4 is 5.32 Å². The molecule has 0 atom stereocenters. The summed E-state index contributed by atoms with van der Waals surface area (Å²) in [5.41, 5.74) is 0.